The molecular formula is C12H15FN4O. The summed E-state index contributed by atoms with van der Waals surface area (Å²) >= 11 is 0. The first-order valence-electron chi connectivity index (χ1n) is 5.67. The molecule has 0 saturated carbocycles. The van der Waals surface area contributed by atoms with E-state index in [1.54, 1.807) is 0 Å². The second-order valence-corrected chi connectivity index (χ2v) is 4.86. The lowest BCUT2D eigenvalue weighted by atomic mass is 10.0. The number of nitrogens with two attached hydrogens (primary N) is 1. The first-order chi connectivity index (χ1) is 8.44. The fourth-order valence-corrected chi connectivity index (χ4v) is 1.40. The van der Waals surface area contributed by atoms with Gasteiger partial charge in [-0.2, -0.15) is 4.98 Å². The van der Waals surface area contributed by atoms with E-state index in [-0.39, 0.29) is 5.54 Å². The van der Waals surface area contributed by atoms with Crippen molar-refractivity contribution < 1.29 is 8.91 Å². The van der Waals surface area contributed by atoms with Gasteiger partial charge in [0, 0.05) is 12.0 Å². The Morgan fingerprint density at radius 3 is 2.78 bits per heavy atom. The molecular weight excluding hydrogens is 235 g/mol. The van der Waals surface area contributed by atoms with E-state index in [0.29, 0.717) is 23.8 Å². The third kappa shape index (κ3) is 3.33. The van der Waals surface area contributed by atoms with Crippen molar-refractivity contribution in [1.82, 2.24) is 15.1 Å². The van der Waals surface area contributed by atoms with Crippen LogP contribution in [-0.4, -0.2) is 20.7 Å². The number of aromatic nitrogens is 3. The smallest absolute Gasteiger partial charge is 0.227 e. The fraction of sp³-hybridized carbons (Fsp3) is 0.417. The van der Waals surface area contributed by atoms with E-state index in [2.05, 4.69) is 15.1 Å². The molecule has 0 atom stereocenters. The number of nitrogens with zero attached hydrogens (tertiary/aromatic N) is 3. The Bertz CT molecular complexity index is 516. The Morgan fingerprint density at radius 2 is 2.17 bits per heavy atom. The molecule has 0 aliphatic carbocycles. The largest absolute Gasteiger partial charge is 0.339 e. The first kappa shape index (κ1) is 12.6. The summed E-state index contributed by atoms with van der Waals surface area (Å²) in [6.07, 6.45) is 2.47. The highest BCUT2D eigenvalue weighted by atomic mass is 19.1. The van der Waals surface area contributed by atoms with Crippen LogP contribution in [0.2, 0.25) is 0 Å². The minimum absolute atomic E-state index is 0.275. The van der Waals surface area contributed by atoms with Crippen molar-refractivity contribution in [3.8, 4) is 11.5 Å². The highest BCUT2D eigenvalue weighted by molar-refractivity contribution is 5.47. The zero-order valence-electron chi connectivity index (χ0n) is 10.4. The van der Waals surface area contributed by atoms with Gasteiger partial charge in [0.05, 0.1) is 6.20 Å². The molecule has 0 unspecified atom stereocenters. The number of pyridine rings is 1. The molecule has 0 aliphatic rings. The zero-order valence-corrected chi connectivity index (χ0v) is 10.4. The summed E-state index contributed by atoms with van der Waals surface area (Å²) in [6, 6.07) is 2.82. The average Bonchev–Trinajstić information content (AvgIpc) is 2.75. The quantitative estimate of drug-likeness (QED) is 0.897. The molecule has 2 N–H and O–H groups in total. The van der Waals surface area contributed by atoms with E-state index in [4.69, 9.17) is 10.3 Å². The minimum Gasteiger partial charge on any atom is -0.339 e. The van der Waals surface area contributed by atoms with Crippen LogP contribution in [0.15, 0.2) is 22.9 Å². The lowest BCUT2D eigenvalue weighted by Crippen LogP contribution is -2.32. The van der Waals surface area contributed by atoms with Crippen LogP contribution in [0.3, 0.4) is 0 Å². The summed E-state index contributed by atoms with van der Waals surface area (Å²) in [5.41, 5.74) is 6.08. The fourth-order valence-electron chi connectivity index (χ4n) is 1.40. The van der Waals surface area contributed by atoms with Crippen molar-refractivity contribution in [3.05, 3.63) is 30.0 Å². The van der Waals surface area contributed by atoms with Gasteiger partial charge in [-0.25, -0.2) is 9.37 Å². The van der Waals surface area contributed by atoms with Crippen LogP contribution in [-0.2, 0) is 6.42 Å². The van der Waals surface area contributed by atoms with E-state index < -0.39 is 5.82 Å². The number of rotatable bonds is 4. The number of hydrogen-bond acceptors (Lipinski definition) is 5. The Morgan fingerprint density at radius 1 is 1.39 bits per heavy atom. The summed E-state index contributed by atoms with van der Waals surface area (Å²) in [5, 5.41) is 3.80. The van der Waals surface area contributed by atoms with Crippen molar-refractivity contribution >= 4 is 0 Å². The second kappa shape index (κ2) is 4.81. The maximum Gasteiger partial charge on any atom is 0.227 e. The standard InChI is InChI=1S/C12H15FN4O/c1-12(2,14)6-5-10-16-11(17-18-10)9-4-3-8(13)7-15-9/h3-4,7H,5-6,14H2,1-2H3. The minimum atomic E-state index is -0.396. The van der Waals surface area contributed by atoms with E-state index >= 15 is 0 Å². The highest BCUT2D eigenvalue weighted by Gasteiger charge is 2.15. The topological polar surface area (TPSA) is 77.8 Å². The van der Waals surface area contributed by atoms with Gasteiger partial charge in [-0.05, 0) is 32.4 Å². The number of aryl methyl sites for hydroxylation is 1. The molecule has 96 valence electrons. The van der Waals surface area contributed by atoms with Crippen LogP contribution < -0.4 is 5.73 Å². The molecule has 0 saturated heterocycles. The molecule has 0 fully saturated rings. The summed E-state index contributed by atoms with van der Waals surface area (Å²) in [5.74, 6) is 0.474. The van der Waals surface area contributed by atoms with Gasteiger partial charge >= 0.3 is 0 Å². The van der Waals surface area contributed by atoms with Crippen LogP contribution in [0.25, 0.3) is 11.5 Å². The molecule has 0 amide bonds. The Labute approximate surface area is 104 Å². The van der Waals surface area contributed by atoms with Gasteiger partial charge in [0.15, 0.2) is 0 Å². The molecule has 0 bridgehead atoms. The van der Waals surface area contributed by atoms with Gasteiger partial charge in [-0.15, -0.1) is 0 Å². The molecule has 2 heterocycles. The molecule has 18 heavy (non-hydrogen) atoms. The molecule has 2 rings (SSSR count). The van der Waals surface area contributed by atoms with Crippen LogP contribution >= 0.6 is 0 Å². The molecule has 6 heteroatoms. The predicted molar refractivity (Wildman–Crippen MR) is 64.1 cm³/mol. The van der Waals surface area contributed by atoms with E-state index in [1.807, 2.05) is 13.8 Å². The molecule has 0 aliphatic heterocycles. The van der Waals surface area contributed by atoms with Gasteiger partial charge in [0.2, 0.25) is 11.7 Å². The lowest BCUT2D eigenvalue weighted by Gasteiger charge is -2.16. The van der Waals surface area contributed by atoms with Crippen LogP contribution in [0.4, 0.5) is 4.39 Å². The van der Waals surface area contributed by atoms with E-state index in [9.17, 15) is 4.39 Å². The Hall–Kier alpha value is -1.82. The molecule has 0 spiro atoms. The predicted octanol–water partition coefficient (Wildman–Crippen LogP) is 1.94. The van der Waals surface area contributed by atoms with Crippen molar-refractivity contribution in [3.63, 3.8) is 0 Å². The number of hydrogen-bond donors (Lipinski definition) is 1. The third-order valence-corrected chi connectivity index (χ3v) is 2.41. The van der Waals surface area contributed by atoms with E-state index in [1.165, 1.54) is 12.1 Å². The monoisotopic (exact) mass is 250 g/mol. The summed E-state index contributed by atoms with van der Waals surface area (Å²) in [6.45, 7) is 3.87. The molecule has 0 aromatic carbocycles. The van der Waals surface area contributed by atoms with Crippen molar-refractivity contribution in [2.24, 2.45) is 5.73 Å². The van der Waals surface area contributed by atoms with Gasteiger partial charge in [0.1, 0.15) is 11.5 Å². The van der Waals surface area contributed by atoms with Gasteiger partial charge in [-0.1, -0.05) is 5.16 Å². The third-order valence-electron chi connectivity index (χ3n) is 2.41. The van der Waals surface area contributed by atoms with Crippen molar-refractivity contribution in [1.29, 1.82) is 0 Å². The van der Waals surface area contributed by atoms with Gasteiger partial charge in [0.25, 0.3) is 0 Å². The number of halogens is 1. The van der Waals surface area contributed by atoms with Crippen molar-refractivity contribution in [2.45, 2.75) is 32.2 Å². The highest BCUT2D eigenvalue weighted by Crippen LogP contribution is 2.15. The summed E-state index contributed by atoms with van der Waals surface area (Å²) in [4.78, 5) is 8.08. The Kier molecular flexibility index (Phi) is 3.38. The first-order valence-corrected chi connectivity index (χ1v) is 5.67. The maximum absolute atomic E-state index is 12.7. The van der Waals surface area contributed by atoms with E-state index in [0.717, 1.165) is 12.6 Å². The second-order valence-electron chi connectivity index (χ2n) is 4.86. The van der Waals surface area contributed by atoms with Gasteiger partial charge in [-0.3, -0.25) is 0 Å². The Balaban J connectivity index is 2.08. The molecule has 2 aromatic rings. The zero-order chi connectivity index (χ0) is 13.2. The normalized spacial score (nSPS) is 11.8. The molecule has 0 radical (unpaired) electrons. The van der Waals surface area contributed by atoms with Crippen molar-refractivity contribution in [2.75, 3.05) is 0 Å². The van der Waals surface area contributed by atoms with Crippen LogP contribution in [0.1, 0.15) is 26.2 Å². The average molecular weight is 250 g/mol. The lowest BCUT2D eigenvalue weighted by molar-refractivity contribution is 0.358. The van der Waals surface area contributed by atoms with Crippen LogP contribution in [0, 0.1) is 5.82 Å². The maximum atomic E-state index is 12.7. The SMILES string of the molecule is CC(C)(N)CCc1nc(-c2ccc(F)cn2)no1. The van der Waals surface area contributed by atoms with Crippen LogP contribution in [0.5, 0.6) is 0 Å². The summed E-state index contributed by atoms with van der Waals surface area (Å²) in [7, 11) is 0. The molecule has 5 nitrogen and oxygen atoms in total. The molecule has 2 aromatic heterocycles. The summed E-state index contributed by atoms with van der Waals surface area (Å²) < 4.78 is 17.8. The van der Waals surface area contributed by atoms with Gasteiger partial charge < -0.3 is 10.3 Å².